The predicted molar refractivity (Wildman–Crippen MR) is 82.7 cm³/mol. The first-order chi connectivity index (χ1) is 10.0. The third-order valence-corrected chi connectivity index (χ3v) is 3.94. The summed E-state index contributed by atoms with van der Waals surface area (Å²) >= 11 is 1.42. The summed E-state index contributed by atoms with van der Waals surface area (Å²) in [4.78, 5) is 20.8. The topological polar surface area (TPSA) is 80.7 Å². The van der Waals surface area contributed by atoms with Crippen molar-refractivity contribution in [3.05, 3.63) is 27.8 Å². The molecule has 112 valence electrons. The summed E-state index contributed by atoms with van der Waals surface area (Å²) in [6.45, 7) is 7.56. The maximum Gasteiger partial charge on any atom is 0.261 e. The zero-order chi connectivity index (χ0) is 15.4. The van der Waals surface area contributed by atoms with Gasteiger partial charge in [0.1, 0.15) is 10.8 Å². The Kier molecular flexibility index (Phi) is 4.95. The first kappa shape index (κ1) is 15.5. The molecule has 0 atom stereocenters. The van der Waals surface area contributed by atoms with Crippen molar-refractivity contribution in [2.75, 3.05) is 5.32 Å². The van der Waals surface area contributed by atoms with E-state index in [0.717, 1.165) is 24.3 Å². The highest BCUT2D eigenvalue weighted by Gasteiger charge is 2.17. The lowest BCUT2D eigenvalue weighted by Gasteiger charge is -2.08. The van der Waals surface area contributed by atoms with Gasteiger partial charge in [0.2, 0.25) is 5.13 Å². The molecule has 0 aliphatic carbocycles. The third-order valence-electron chi connectivity index (χ3n) is 3.04. The Morgan fingerprint density at radius 3 is 2.43 bits per heavy atom. The molecule has 21 heavy (non-hydrogen) atoms. The summed E-state index contributed by atoms with van der Waals surface area (Å²) in [5.74, 6) is 0.433. The van der Waals surface area contributed by atoms with E-state index >= 15 is 0 Å². The van der Waals surface area contributed by atoms with Crippen LogP contribution in [0.2, 0.25) is 0 Å². The largest absolute Gasteiger partial charge is 0.296 e. The number of aryl methyl sites for hydroxylation is 4. The number of amides is 1. The molecule has 0 bridgehead atoms. The molecule has 1 amide bonds. The number of carbonyl (C=O) groups excluding carboxylic acids is 1. The Morgan fingerprint density at radius 1 is 1.14 bits per heavy atom. The van der Waals surface area contributed by atoms with Gasteiger partial charge in [-0.25, -0.2) is 9.97 Å². The van der Waals surface area contributed by atoms with E-state index in [-0.39, 0.29) is 5.91 Å². The third kappa shape index (κ3) is 3.81. The second kappa shape index (κ2) is 6.71. The zero-order valence-electron chi connectivity index (χ0n) is 12.7. The van der Waals surface area contributed by atoms with Gasteiger partial charge in [0.15, 0.2) is 0 Å². The zero-order valence-corrected chi connectivity index (χ0v) is 13.5. The highest BCUT2D eigenvalue weighted by atomic mass is 32.1. The Bertz CT molecular complexity index is 630. The second-order valence-electron chi connectivity index (χ2n) is 4.88. The summed E-state index contributed by atoms with van der Waals surface area (Å²) in [7, 11) is 0. The van der Waals surface area contributed by atoms with Gasteiger partial charge in [0, 0.05) is 6.42 Å². The van der Waals surface area contributed by atoms with E-state index in [1.165, 1.54) is 11.3 Å². The Morgan fingerprint density at radius 2 is 1.81 bits per heavy atom. The Hall–Kier alpha value is -1.89. The van der Waals surface area contributed by atoms with E-state index in [1.807, 2.05) is 20.8 Å². The molecule has 0 spiro atoms. The van der Waals surface area contributed by atoms with Crippen molar-refractivity contribution in [3.63, 3.8) is 0 Å². The molecule has 0 aromatic carbocycles. The normalized spacial score (nSPS) is 10.7. The number of anilines is 1. The molecule has 0 fully saturated rings. The predicted octanol–water partition coefficient (Wildman–Crippen LogP) is 2.85. The van der Waals surface area contributed by atoms with E-state index in [2.05, 4.69) is 32.4 Å². The fourth-order valence-corrected chi connectivity index (χ4v) is 2.88. The SMILES string of the molecule is CCCCc1nnc(NC(=O)c2c(C)nc(C)nc2C)s1. The molecule has 0 radical (unpaired) electrons. The molecular weight excluding hydrogens is 286 g/mol. The van der Waals surface area contributed by atoms with Crippen molar-refractivity contribution in [1.82, 2.24) is 20.2 Å². The van der Waals surface area contributed by atoms with Crippen LogP contribution in [0.15, 0.2) is 0 Å². The van der Waals surface area contributed by atoms with Crippen LogP contribution in [0.4, 0.5) is 5.13 Å². The summed E-state index contributed by atoms with van der Waals surface area (Å²) < 4.78 is 0. The Labute approximate surface area is 128 Å². The molecule has 7 heteroatoms. The van der Waals surface area contributed by atoms with E-state index < -0.39 is 0 Å². The van der Waals surface area contributed by atoms with Crippen LogP contribution in [0.1, 0.15) is 52.3 Å². The van der Waals surface area contributed by atoms with Crippen molar-refractivity contribution in [2.24, 2.45) is 0 Å². The van der Waals surface area contributed by atoms with Crippen molar-refractivity contribution in [2.45, 2.75) is 47.0 Å². The van der Waals surface area contributed by atoms with Crippen LogP contribution in [0.5, 0.6) is 0 Å². The first-order valence-corrected chi connectivity index (χ1v) is 7.78. The molecule has 0 saturated carbocycles. The van der Waals surface area contributed by atoms with Gasteiger partial charge in [-0.1, -0.05) is 24.7 Å². The fourth-order valence-electron chi connectivity index (χ4n) is 2.11. The van der Waals surface area contributed by atoms with Crippen LogP contribution < -0.4 is 5.32 Å². The molecule has 0 unspecified atom stereocenters. The summed E-state index contributed by atoms with van der Waals surface area (Å²) in [6, 6.07) is 0. The highest BCUT2D eigenvalue weighted by molar-refractivity contribution is 7.15. The van der Waals surface area contributed by atoms with Crippen molar-refractivity contribution in [1.29, 1.82) is 0 Å². The van der Waals surface area contributed by atoms with Gasteiger partial charge in [-0.05, 0) is 27.2 Å². The summed E-state index contributed by atoms with van der Waals surface area (Å²) in [6.07, 6.45) is 3.09. The fraction of sp³-hybridized carbons (Fsp3) is 0.500. The van der Waals surface area contributed by atoms with Crippen LogP contribution in [-0.2, 0) is 6.42 Å². The van der Waals surface area contributed by atoms with Crippen LogP contribution in [0, 0.1) is 20.8 Å². The number of aromatic nitrogens is 4. The summed E-state index contributed by atoms with van der Waals surface area (Å²) in [5, 5.41) is 12.3. The standard InChI is InChI=1S/C14H19N5OS/c1-5-6-7-11-18-19-14(21-11)17-13(20)12-8(2)15-10(4)16-9(12)3/h5-7H2,1-4H3,(H,17,19,20). The van der Waals surface area contributed by atoms with E-state index in [4.69, 9.17) is 0 Å². The van der Waals surface area contributed by atoms with Crippen LogP contribution >= 0.6 is 11.3 Å². The minimum Gasteiger partial charge on any atom is -0.296 e. The molecule has 2 aromatic heterocycles. The number of rotatable bonds is 5. The van der Waals surface area contributed by atoms with Gasteiger partial charge < -0.3 is 0 Å². The number of hydrogen-bond acceptors (Lipinski definition) is 6. The highest BCUT2D eigenvalue weighted by Crippen LogP contribution is 2.19. The van der Waals surface area contributed by atoms with Crippen LogP contribution in [0.25, 0.3) is 0 Å². The van der Waals surface area contributed by atoms with E-state index in [0.29, 0.717) is 27.9 Å². The van der Waals surface area contributed by atoms with Gasteiger partial charge in [0.25, 0.3) is 5.91 Å². The van der Waals surface area contributed by atoms with Gasteiger partial charge in [0.05, 0.1) is 17.0 Å². The average molecular weight is 305 g/mol. The minimum atomic E-state index is -0.233. The molecule has 0 aliphatic heterocycles. The van der Waals surface area contributed by atoms with Crippen LogP contribution in [-0.4, -0.2) is 26.1 Å². The number of nitrogens with zero attached hydrogens (tertiary/aromatic N) is 4. The Balaban J connectivity index is 2.13. The monoisotopic (exact) mass is 305 g/mol. The van der Waals surface area contributed by atoms with Gasteiger partial charge in [-0.15, -0.1) is 10.2 Å². The van der Waals surface area contributed by atoms with Gasteiger partial charge >= 0.3 is 0 Å². The number of carbonyl (C=O) groups is 1. The first-order valence-electron chi connectivity index (χ1n) is 6.96. The molecule has 0 aliphatic rings. The van der Waals surface area contributed by atoms with Gasteiger partial charge in [-0.3, -0.25) is 10.1 Å². The number of nitrogens with one attached hydrogen (secondary N) is 1. The molecule has 0 saturated heterocycles. The lowest BCUT2D eigenvalue weighted by molar-refractivity contribution is 0.102. The van der Waals surface area contributed by atoms with Crippen LogP contribution in [0.3, 0.4) is 0 Å². The minimum absolute atomic E-state index is 0.233. The van der Waals surface area contributed by atoms with Gasteiger partial charge in [-0.2, -0.15) is 0 Å². The lowest BCUT2D eigenvalue weighted by Crippen LogP contribution is -2.17. The molecule has 2 heterocycles. The molecular formula is C14H19N5OS. The van der Waals surface area contributed by atoms with E-state index in [9.17, 15) is 4.79 Å². The van der Waals surface area contributed by atoms with Crippen molar-refractivity contribution >= 4 is 22.4 Å². The maximum absolute atomic E-state index is 12.3. The lowest BCUT2D eigenvalue weighted by atomic mass is 10.1. The number of hydrogen-bond donors (Lipinski definition) is 1. The maximum atomic E-state index is 12.3. The van der Waals surface area contributed by atoms with Crippen molar-refractivity contribution in [3.8, 4) is 0 Å². The van der Waals surface area contributed by atoms with Crippen molar-refractivity contribution < 1.29 is 4.79 Å². The van der Waals surface area contributed by atoms with E-state index in [1.54, 1.807) is 0 Å². The molecule has 2 rings (SSSR count). The molecule has 6 nitrogen and oxygen atoms in total. The quantitative estimate of drug-likeness (QED) is 0.918. The average Bonchev–Trinajstić information content (AvgIpc) is 2.82. The second-order valence-corrected chi connectivity index (χ2v) is 5.94. The molecule has 1 N–H and O–H groups in total. The smallest absolute Gasteiger partial charge is 0.261 e. The number of unbranched alkanes of at least 4 members (excludes halogenated alkanes) is 1. The molecule has 2 aromatic rings. The summed E-state index contributed by atoms with van der Waals surface area (Å²) in [5.41, 5.74) is 1.85.